The van der Waals surface area contributed by atoms with Crippen LogP contribution >= 0.6 is 11.5 Å². The summed E-state index contributed by atoms with van der Waals surface area (Å²) >= 11 is 1.42. The van der Waals surface area contributed by atoms with Crippen molar-refractivity contribution < 1.29 is 0 Å². The van der Waals surface area contributed by atoms with Gasteiger partial charge < -0.3 is 11.1 Å². The maximum atomic E-state index is 5.54. The molecule has 0 amide bonds. The summed E-state index contributed by atoms with van der Waals surface area (Å²) in [6, 6.07) is 8.38. The molecule has 0 saturated carbocycles. The Kier molecular flexibility index (Phi) is 5.30. The second-order valence-electron chi connectivity index (χ2n) is 4.48. The van der Waals surface area contributed by atoms with E-state index in [4.69, 9.17) is 5.73 Å². The zero-order chi connectivity index (χ0) is 13.5. The maximum Gasteiger partial charge on any atom is 0.207 e. The van der Waals surface area contributed by atoms with Crippen molar-refractivity contribution in [2.45, 2.75) is 32.6 Å². The van der Waals surface area contributed by atoms with Crippen molar-refractivity contribution in [1.82, 2.24) is 9.36 Å². The summed E-state index contributed by atoms with van der Waals surface area (Å²) in [5.74, 6) is 0.925. The van der Waals surface area contributed by atoms with E-state index < -0.39 is 0 Å². The minimum absolute atomic E-state index is 0.731. The number of aromatic nitrogens is 2. The lowest BCUT2D eigenvalue weighted by Gasteiger charge is -2.05. The third-order valence-corrected chi connectivity index (χ3v) is 3.46. The number of nitrogens with zero attached hydrogens (tertiary/aromatic N) is 2. The normalized spacial score (nSPS) is 10.6. The van der Waals surface area contributed by atoms with Crippen LogP contribution in [0.4, 0.5) is 10.8 Å². The van der Waals surface area contributed by atoms with Crippen molar-refractivity contribution in [1.29, 1.82) is 0 Å². The van der Waals surface area contributed by atoms with Crippen LogP contribution in [0.15, 0.2) is 24.3 Å². The van der Waals surface area contributed by atoms with Gasteiger partial charge in [-0.05, 0) is 43.5 Å². The quantitative estimate of drug-likeness (QED) is 0.815. The zero-order valence-corrected chi connectivity index (χ0v) is 12.0. The third kappa shape index (κ3) is 4.29. The summed E-state index contributed by atoms with van der Waals surface area (Å²) in [5.41, 5.74) is 7.90. The number of benzene rings is 1. The van der Waals surface area contributed by atoms with Gasteiger partial charge in [0.15, 0.2) is 0 Å². The molecule has 5 heteroatoms. The predicted octanol–water partition coefficient (Wildman–Crippen LogP) is 3.13. The molecule has 0 radical (unpaired) electrons. The zero-order valence-electron chi connectivity index (χ0n) is 11.2. The lowest BCUT2D eigenvalue weighted by molar-refractivity contribution is 0.833. The number of rotatable bonds is 7. The Balaban J connectivity index is 2.01. The van der Waals surface area contributed by atoms with E-state index in [-0.39, 0.29) is 0 Å². The van der Waals surface area contributed by atoms with Crippen molar-refractivity contribution in [3.05, 3.63) is 35.7 Å². The highest BCUT2D eigenvalue weighted by atomic mass is 32.1. The summed E-state index contributed by atoms with van der Waals surface area (Å²) in [7, 11) is 0. The second kappa shape index (κ2) is 7.21. The number of hydrogen-bond donors (Lipinski definition) is 2. The van der Waals surface area contributed by atoms with Gasteiger partial charge in [-0.2, -0.15) is 4.37 Å². The molecule has 1 aromatic carbocycles. The van der Waals surface area contributed by atoms with Gasteiger partial charge >= 0.3 is 0 Å². The van der Waals surface area contributed by atoms with Crippen LogP contribution in [0.25, 0.3) is 0 Å². The summed E-state index contributed by atoms with van der Waals surface area (Å²) < 4.78 is 4.33. The van der Waals surface area contributed by atoms with Crippen molar-refractivity contribution >= 4 is 22.4 Å². The highest BCUT2D eigenvalue weighted by molar-refractivity contribution is 7.09. The average Bonchev–Trinajstić information content (AvgIpc) is 2.85. The molecule has 2 rings (SSSR count). The van der Waals surface area contributed by atoms with Gasteiger partial charge in [0, 0.05) is 23.6 Å². The molecular formula is C14H20N4S. The molecule has 0 unspecified atom stereocenters. The average molecular weight is 276 g/mol. The molecule has 1 heterocycles. The Morgan fingerprint density at radius 1 is 1.32 bits per heavy atom. The molecule has 0 aliphatic carbocycles. The second-order valence-corrected chi connectivity index (χ2v) is 5.24. The highest BCUT2D eigenvalue weighted by Crippen LogP contribution is 2.20. The predicted molar refractivity (Wildman–Crippen MR) is 81.0 cm³/mol. The van der Waals surface area contributed by atoms with Crippen molar-refractivity contribution in [3.8, 4) is 0 Å². The monoisotopic (exact) mass is 276 g/mol. The lowest BCUT2D eigenvalue weighted by Crippen LogP contribution is -2.00. The fourth-order valence-corrected chi connectivity index (χ4v) is 2.50. The Labute approximate surface area is 118 Å². The molecule has 0 bridgehead atoms. The molecule has 0 aliphatic rings. The molecule has 1 aromatic heterocycles. The SMILES string of the molecule is CCCc1nsc(Nc2cccc(CCCN)c2)n1. The maximum absolute atomic E-state index is 5.54. The van der Waals surface area contributed by atoms with Gasteiger partial charge in [-0.3, -0.25) is 0 Å². The highest BCUT2D eigenvalue weighted by Gasteiger charge is 2.03. The van der Waals surface area contributed by atoms with Crippen LogP contribution in [0.5, 0.6) is 0 Å². The largest absolute Gasteiger partial charge is 0.330 e. The van der Waals surface area contributed by atoms with E-state index in [1.807, 2.05) is 6.07 Å². The Morgan fingerprint density at radius 2 is 2.21 bits per heavy atom. The van der Waals surface area contributed by atoms with Gasteiger partial charge in [-0.15, -0.1) is 0 Å². The Bertz CT molecular complexity index is 510. The van der Waals surface area contributed by atoms with E-state index in [0.29, 0.717) is 0 Å². The van der Waals surface area contributed by atoms with Gasteiger partial charge in [0.2, 0.25) is 5.13 Å². The molecular weight excluding hydrogens is 256 g/mol. The van der Waals surface area contributed by atoms with Crippen LogP contribution in [-0.4, -0.2) is 15.9 Å². The van der Waals surface area contributed by atoms with Crippen LogP contribution in [-0.2, 0) is 12.8 Å². The molecule has 2 aromatic rings. The molecule has 0 spiro atoms. The first-order chi connectivity index (χ1) is 9.31. The fraction of sp³-hybridized carbons (Fsp3) is 0.429. The number of aryl methyl sites for hydroxylation is 2. The molecule has 3 N–H and O–H groups in total. The summed E-state index contributed by atoms with van der Waals surface area (Å²) in [6.45, 7) is 2.86. The van der Waals surface area contributed by atoms with E-state index in [9.17, 15) is 0 Å². The van der Waals surface area contributed by atoms with Crippen LogP contribution in [0.1, 0.15) is 31.2 Å². The van der Waals surface area contributed by atoms with Crippen LogP contribution in [0, 0.1) is 0 Å². The van der Waals surface area contributed by atoms with Crippen LogP contribution < -0.4 is 11.1 Å². The summed E-state index contributed by atoms with van der Waals surface area (Å²) in [6.07, 6.45) is 4.05. The molecule has 102 valence electrons. The first-order valence-electron chi connectivity index (χ1n) is 6.70. The third-order valence-electron chi connectivity index (χ3n) is 2.79. The summed E-state index contributed by atoms with van der Waals surface area (Å²) in [5, 5.41) is 4.17. The number of nitrogens with one attached hydrogen (secondary N) is 1. The molecule has 0 atom stereocenters. The summed E-state index contributed by atoms with van der Waals surface area (Å²) in [4.78, 5) is 4.46. The molecule has 0 aliphatic heterocycles. The van der Waals surface area contributed by atoms with Crippen molar-refractivity contribution in [2.24, 2.45) is 5.73 Å². The molecule has 4 nitrogen and oxygen atoms in total. The van der Waals surface area contributed by atoms with Crippen molar-refractivity contribution in [3.63, 3.8) is 0 Å². The minimum Gasteiger partial charge on any atom is -0.330 e. The smallest absolute Gasteiger partial charge is 0.207 e. The topological polar surface area (TPSA) is 63.8 Å². The molecule has 19 heavy (non-hydrogen) atoms. The van der Waals surface area contributed by atoms with Crippen LogP contribution in [0.3, 0.4) is 0 Å². The standard InChI is InChI=1S/C14H20N4S/c1-2-5-13-17-14(19-18-13)16-12-8-3-6-11(10-12)7-4-9-15/h3,6,8,10H,2,4-5,7,9,15H2,1H3,(H,16,17,18). The number of nitrogens with two attached hydrogens (primary N) is 1. The van der Waals surface area contributed by atoms with E-state index in [1.54, 1.807) is 0 Å². The van der Waals surface area contributed by atoms with E-state index >= 15 is 0 Å². The Hall–Kier alpha value is -1.46. The lowest BCUT2D eigenvalue weighted by atomic mass is 10.1. The molecule has 0 saturated heterocycles. The van der Waals surface area contributed by atoms with Gasteiger partial charge in [0.1, 0.15) is 5.82 Å². The van der Waals surface area contributed by atoms with Gasteiger partial charge in [0.25, 0.3) is 0 Å². The molecule has 0 fully saturated rings. The van der Waals surface area contributed by atoms with E-state index in [2.05, 4.69) is 39.8 Å². The fourth-order valence-electron chi connectivity index (χ4n) is 1.86. The van der Waals surface area contributed by atoms with E-state index in [0.717, 1.165) is 48.9 Å². The van der Waals surface area contributed by atoms with Gasteiger partial charge in [0.05, 0.1) is 0 Å². The van der Waals surface area contributed by atoms with E-state index in [1.165, 1.54) is 17.1 Å². The minimum atomic E-state index is 0.731. The van der Waals surface area contributed by atoms with Gasteiger partial charge in [-0.1, -0.05) is 19.1 Å². The van der Waals surface area contributed by atoms with Gasteiger partial charge in [-0.25, -0.2) is 4.98 Å². The van der Waals surface area contributed by atoms with Crippen LogP contribution in [0.2, 0.25) is 0 Å². The Morgan fingerprint density at radius 3 is 3.00 bits per heavy atom. The first-order valence-corrected chi connectivity index (χ1v) is 7.47. The van der Waals surface area contributed by atoms with Crippen molar-refractivity contribution in [2.75, 3.05) is 11.9 Å². The number of anilines is 2. The first kappa shape index (κ1) is 14.0. The number of hydrogen-bond acceptors (Lipinski definition) is 5.